The number of hydrogen-bond donors (Lipinski definition) is 2. The van der Waals surface area contributed by atoms with E-state index >= 15 is 0 Å². The monoisotopic (exact) mass is 400 g/mol. The maximum absolute atomic E-state index is 12.9. The summed E-state index contributed by atoms with van der Waals surface area (Å²) in [4.78, 5) is 39.7. The van der Waals surface area contributed by atoms with E-state index in [1.54, 1.807) is 37.4 Å². The van der Waals surface area contributed by atoms with E-state index in [2.05, 4.69) is 4.98 Å². The number of amides is 1. The van der Waals surface area contributed by atoms with Gasteiger partial charge in [0.15, 0.2) is 0 Å². The number of nitrogens with zero attached hydrogens (tertiary/aromatic N) is 2. The van der Waals surface area contributed by atoms with E-state index in [1.807, 2.05) is 42.1 Å². The SMILES string of the molecule is Cn1c(=O)/c(=C/c2cccc(C(N)=O)c2)[nH]c(=O)/c1=C/c1cn(C)c2ccccc12. The molecule has 1 amide bonds. The van der Waals surface area contributed by atoms with E-state index in [0.717, 1.165) is 16.5 Å². The summed E-state index contributed by atoms with van der Waals surface area (Å²) in [5.74, 6) is -0.563. The highest BCUT2D eigenvalue weighted by atomic mass is 16.1. The zero-order chi connectivity index (χ0) is 21.4. The molecule has 2 aromatic heterocycles. The Bertz CT molecular complexity index is 1540. The highest BCUT2D eigenvalue weighted by Crippen LogP contribution is 2.20. The molecule has 0 saturated carbocycles. The van der Waals surface area contributed by atoms with Gasteiger partial charge in [0.1, 0.15) is 10.7 Å². The van der Waals surface area contributed by atoms with Gasteiger partial charge in [-0.15, -0.1) is 0 Å². The number of rotatable bonds is 3. The van der Waals surface area contributed by atoms with Crippen LogP contribution in [0.25, 0.3) is 23.1 Å². The largest absolute Gasteiger partial charge is 0.366 e. The number of fused-ring (bicyclic) bond motifs is 1. The minimum absolute atomic E-state index is 0.124. The first-order valence-electron chi connectivity index (χ1n) is 9.32. The summed E-state index contributed by atoms with van der Waals surface area (Å²) in [6.45, 7) is 0. The molecule has 0 aliphatic rings. The Morgan fingerprint density at radius 1 is 1.03 bits per heavy atom. The van der Waals surface area contributed by atoms with Gasteiger partial charge in [-0.2, -0.15) is 0 Å². The first-order valence-corrected chi connectivity index (χ1v) is 9.32. The lowest BCUT2D eigenvalue weighted by molar-refractivity contribution is 0.100. The molecule has 0 spiro atoms. The lowest BCUT2D eigenvalue weighted by Crippen LogP contribution is -2.52. The second kappa shape index (κ2) is 7.36. The minimum Gasteiger partial charge on any atom is -0.366 e. The third-order valence-corrected chi connectivity index (χ3v) is 5.08. The third kappa shape index (κ3) is 3.37. The molecule has 3 N–H and O–H groups in total. The van der Waals surface area contributed by atoms with E-state index in [-0.39, 0.29) is 21.8 Å². The van der Waals surface area contributed by atoms with Crippen LogP contribution in [0.1, 0.15) is 21.5 Å². The van der Waals surface area contributed by atoms with Crippen molar-refractivity contribution >= 4 is 29.0 Å². The van der Waals surface area contributed by atoms with Gasteiger partial charge in [0.25, 0.3) is 11.1 Å². The van der Waals surface area contributed by atoms with Crippen molar-refractivity contribution in [3.8, 4) is 0 Å². The first kappa shape index (κ1) is 19.2. The van der Waals surface area contributed by atoms with Crippen molar-refractivity contribution in [1.29, 1.82) is 0 Å². The summed E-state index contributed by atoms with van der Waals surface area (Å²) in [6.07, 6.45) is 5.15. The molecule has 150 valence electrons. The number of H-pyrrole nitrogens is 1. The van der Waals surface area contributed by atoms with E-state index in [4.69, 9.17) is 5.73 Å². The van der Waals surface area contributed by atoms with Crippen LogP contribution < -0.4 is 27.6 Å². The summed E-state index contributed by atoms with van der Waals surface area (Å²) in [6, 6.07) is 14.4. The molecular weight excluding hydrogens is 380 g/mol. The molecule has 0 aliphatic carbocycles. The number of nitrogens with one attached hydrogen (secondary N) is 1. The van der Waals surface area contributed by atoms with Gasteiger partial charge in [-0.25, -0.2) is 0 Å². The number of nitrogens with two attached hydrogens (primary N) is 1. The predicted octanol–water partition coefficient (Wildman–Crippen LogP) is 0.322. The van der Waals surface area contributed by atoms with Gasteiger partial charge in [0, 0.05) is 42.3 Å². The predicted molar refractivity (Wildman–Crippen MR) is 117 cm³/mol. The maximum atomic E-state index is 12.9. The van der Waals surface area contributed by atoms with E-state index < -0.39 is 5.91 Å². The Kier molecular flexibility index (Phi) is 4.71. The molecule has 30 heavy (non-hydrogen) atoms. The number of aryl methyl sites for hydroxylation is 1. The number of benzene rings is 2. The molecule has 0 atom stereocenters. The Morgan fingerprint density at radius 2 is 1.80 bits per heavy atom. The Hall–Kier alpha value is -4.13. The molecule has 0 saturated heterocycles. The van der Waals surface area contributed by atoms with Gasteiger partial charge in [-0.05, 0) is 35.9 Å². The van der Waals surface area contributed by atoms with E-state index in [9.17, 15) is 14.4 Å². The molecular formula is C23H20N4O3. The van der Waals surface area contributed by atoms with Crippen molar-refractivity contribution in [3.63, 3.8) is 0 Å². The molecule has 7 heteroatoms. The topological polar surface area (TPSA) is 103 Å². The molecule has 4 rings (SSSR count). The Balaban J connectivity index is 1.92. The summed E-state index contributed by atoms with van der Waals surface area (Å²) >= 11 is 0. The molecule has 0 fully saturated rings. The molecule has 0 bridgehead atoms. The molecule has 0 unspecified atom stereocenters. The Labute approximate surface area is 171 Å². The first-order chi connectivity index (χ1) is 14.3. The fourth-order valence-electron chi connectivity index (χ4n) is 3.53. The second-order valence-electron chi connectivity index (χ2n) is 7.11. The zero-order valence-corrected chi connectivity index (χ0v) is 16.5. The highest BCUT2D eigenvalue weighted by molar-refractivity contribution is 5.93. The maximum Gasteiger partial charge on any atom is 0.274 e. The summed E-state index contributed by atoms with van der Waals surface area (Å²) in [5, 5.41) is 1.37. The quantitative estimate of drug-likeness (QED) is 0.518. The molecule has 2 aromatic carbocycles. The van der Waals surface area contributed by atoms with Crippen LogP contribution in [0.4, 0.5) is 0 Å². The Morgan fingerprint density at radius 3 is 2.57 bits per heavy atom. The molecule has 0 aliphatic heterocycles. The van der Waals surface area contributed by atoms with Gasteiger partial charge in [-0.3, -0.25) is 14.4 Å². The van der Waals surface area contributed by atoms with Crippen molar-refractivity contribution in [2.24, 2.45) is 19.8 Å². The number of carbonyl (C=O) groups is 1. The van der Waals surface area contributed by atoms with Crippen LogP contribution in [0.3, 0.4) is 0 Å². The second-order valence-corrected chi connectivity index (χ2v) is 7.11. The van der Waals surface area contributed by atoms with Crippen molar-refractivity contribution in [3.05, 3.63) is 103 Å². The number of aromatic nitrogens is 3. The van der Waals surface area contributed by atoms with Crippen molar-refractivity contribution < 1.29 is 4.79 Å². The third-order valence-electron chi connectivity index (χ3n) is 5.08. The summed E-state index contributed by atoms with van der Waals surface area (Å²) in [7, 11) is 3.49. The van der Waals surface area contributed by atoms with Crippen molar-refractivity contribution in [2.75, 3.05) is 0 Å². The molecule has 4 aromatic rings. The van der Waals surface area contributed by atoms with Gasteiger partial charge >= 0.3 is 0 Å². The van der Waals surface area contributed by atoms with Crippen LogP contribution in [0, 0.1) is 0 Å². The number of hydrogen-bond acceptors (Lipinski definition) is 3. The van der Waals surface area contributed by atoms with Gasteiger partial charge < -0.3 is 19.9 Å². The number of carbonyl (C=O) groups excluding carboxylic acids is 1. The number of aromatic amines is 1. The van der Waals surface area contributed by atoms with E-state index in [0.29, 0.717) is 11.1 Å². The number of para-hydroxylation sites is 1. The fourth-order valence-corrected chi connectivity index (χ4v) is 3.53. The van der Waals surface area contributed by atoms with Crippen LogP contribution in [0.2, 0.25) is 0 Å². The lowest BCUT2D eigenvalue weighted by Gasteiger charge is -2.01. The van der Waals surface area contributed by atoms with Gasteiger partial charge in [-0.1, -0.05) is 30.3 Å². The van der Waals surface area contributed by atoms with Crippen LogP contribution in [-0.4, -0.2) is 20.0 Å². The lowest BCUT2D eigenvalue weighted by atomic mass is 10.1. The minimum atomic E-state index is -0.563. The standard InChI is InChI=1S/C23H20N4O3/c1-26-13-16(17-8-3-4-9-19(17)26)12-20-22(29)25-18(23(30)27(20)2)11-14-6-5-7-15(10-14)21(24)28/h3-13H,1-2H3,(H2,24,28)(H,25,29)/b18-11-,20-12-. The zero-order valence-electron chi connectivity index (χ0n) is 16.5. The van der Waals surface area contributed by atoms with Gasteiger partial charge in [0.2, 0.25) is 5.91 Å². The molecule has 7 nitrogen and oxygen atoms in total. The summed E-state index contributed by atoms with van der Waals surface area (Å²) < 4.78 is 3.30. The van der Waals surface area contributed by atoms with Crippen LogP contribution in [0.5, 0.6) is 0 Å². The average molecular weight is 400 g/mol. The highest BCUT2D eigenvalue weighted by Gasteiger charge is 2.07. The van der Waals surface area contributed by atoms with Crippen LogP contribution in [0.15, 0.2) is 64.3 Å². The van der Waals surface area contributed by atoms with Crippen molar-refractivity contribution in [1.82, 2.24) is 14.1 Å². The number of primary amides is 1. The smallest absolute Gasteiger partial charge is 0.274 e. The fraction of sp³-hybridized carbons (Fsp3) is 0.0870. The average Bonchev–Trinajstić information content (AvgIpc) is 3.05. The van der Waals surface area contributed by atoms with Gasteiger partial charge in [0.05, 0.1) is 0 Å². The molecule has 2 heterocycles. The van der Waals surface area contributed by atoms with Crippen LogP contribution in [-0.2, 0) is 14.1 Å². The van der Waals surface area contributed by atoms with Crippen LogP contribution >= 0.6 is 0 Å². The normalized spacial score (nSPS) is 12.6. The summed E-state index contributed by atoms with van der Waals surface area (Å²) in [5.41, 5.74) is 7.35. The molecule has 0 radical (unpaired) electrons. The van der Waals surface area contributed by atoms with E-state index in [1.165, 1.54) is 10.6 Å². The van der Waals surface area contributed by atoms with Crippen molar-refractivity contribution in [2.45, 2.75) is 0 Å².